The van der Waals surface area contributed by atoms with Crippen molar-refractivity contribution in [2.75, 3.05) is 32.8 Å². The average Bonchev–Trinajstić information content (AvgIpc) is 3.40. The van der Waals surface area contributed by atoms with Gasteiger partial charge in [-0.2, -0.15) is 5.10 Å². The Morgan fingerprint density at radius 2 is 2.19 bits per heavy atom. The predicted molar refractivity (Wildman–Crippen MR) is 95.3 cm³/mol. The van der Waals surface area contributed by atoms with E-state index >= 15 is 0 Å². The van der Waals surface area contributed by atoms with Gasteiger partial charge in [0.2, 0.25) is 5.91 Å². The smallest absolute Gasteiger partial charge is 0.248 e. The summed E-state index contributed by atoms with van der Waals surface area (Å²) < 4.78 is 13.3. The lowest BCUT2D eigenvalue weighted by atomic mass is 10.1. The van der Waals surface area contributed by atoms with E-state index in [9.17, 15) is 4.79 Å². The van der Waals surface area contributed by atoms with Gasteiger partial charge in [0.25, 0.3) is 0 Å². The molecule has 0 saturated carbocycles. The van der Waals surface area contributed by atoms with Gasteiger partial charge in [-0.25, -0.2) is 0 Å². The summed E-state index contributed by atoms with van der Waals surface area (Å²) in [5.74, 6) is 1.09. The SMILES string of the molecule is O=C(COCC[C@@H]1CN(Cc2ccco2)Cc2ccnn21)N1CCCC1. The molecule has 0 aliphatic carbocycles. The number of rotatable bonds is 7. The Labute approximate surface area is 153 Å². The number of carbonyl (C=O) groups is 1. The van der Waals surface area contributed by atoms with Crippen LogP contribution in [0.2, 0.25) is 0 Å². The molecular formula is C19H26N4O3. The third-order valence-electron chi connectivity index (χ3n) is 5.19. The number of aromatic nitrogens is 2. The van der Waals surface area contributed by atoms with Crippen molar-refractivity contribution in [3.05, 3.63) is 42.1 Å². The van der Waals surface area contributed by atoms with Crippen LogP contribution in [0, 0.1) is 0 Å². The van der Waals surface area contributed by atoms with Crippen LogP contribution in [0.25, 0.3) is 0 Å². The van der Waals surface area contributed by atoms with Gasteiger partial charge in [-0.1, -0.05) is 0 Å². The van der Waals surface area contributed by atoms with E-state index in [1.54, 1.807) is 6.26 Å². The molecule has 0 radical (unpaired) electrons. The highest BCUT2D eigenvalue weighted by Crippen LogP contribution is 2.24. The van der Waals surface area contributed by atoms with Crippen LogP contribution in [0.1, 0.15) is 36.8 Å². The second-order valence-corrected chi connectivity index (χ2v) is 7.10. The summed E-state index contributed by atoms with van der Waals surface area (Å²) in [5.41, 5.74) is 1.21. The monoisotopic (exact) mass is 358 g/mol. The van der Waals surface area contributed by atoms with Crippen molar-refractivity contribution in [1.29, 1.82) is 0 Å². The summed E-state index contributed by atoms with van der Waals surface area (Å²) in [5, 5.41) is 4.48. The Kier molecular flexibility index (Phi) is 5.36. The number of amides is 1. The Balaban J connectivity index is 1.28. The molecule has 140 valence electrons. The molecule has 2 aromatic rings. The quantitative estimate of drug-likeness (QED) is 0.709. The zero-order valence-corrected chi connectivity index (χ0v) is 15.0. The van der Waals surface area contributed by atoms with Crippen LogP contribution >= 0.6 is 0 Å². The standard InChI is InChI=1S/C19H26N4O3/c24-19(22-8-1-2-9-22)15-25-11-6-17-13-21(14-18-4-3-10-26-18)12-16-5-7-20-23(16)17/h3-5,7,10,17H,1-2,6,8-9,11-15H2/t17-/m1/s1. The number of carbonyl (C=O) groups excluding carboxylic acids is 1. The van der Waals surface area contributed by atoms with E-state index in [-0.39, 0.29) is 18.6 Å². The van der Waals surface area contributed by atoms with Crippen molar-refractivity contribution in [2.45, 2.75) is 38.4 Å². The van der Waals surface area contributed by atoms with Gasteiger partial charge < -0.3 is 14.1 Å². The van der Waals surface area contributed by atoms with Gasteiger partial charge in [0.1, 0.15) is 12.4 Å². The van der Waals surface area contributed by atoms with Gasteiger partial charge in [-0.05, 0) is 37.5 Å². The summed E-state index contributed by atoms with van der Waals surface area (Å²) in [6.07, 6.45) is 6.64. The van der Waals surface area contributed by atoms with Crippen LogP contribution in [0.4, 0.5) is 0 Å². The minimum absolute atomic E-state index is 0.116. The van der Waals surface area contributed by atoms with Gasteiger partial charge in [0.05, 0.1) is 24.5 Å². The predicted octanol–water partition coefficient (Wildman–Crippen LogP) is 2.06. The summed E-state index contributed by atoms with van der Waals surface area (Å²) in [7, 11) is 0. The van der Waals surface area contributed by atoms with Crippen LogP contribution in [-0.2, 0) is 22.6 Å². The van der Waals surface area contributed by atoms with E-state index in [4.69, 9.17) is 9.15 Å². The summed E-state index contributed by atoms with van der Waals surface area (Å²) in [4.78, 5) is 16.3. The van der Waals surface area contributed by atoms with Gasteiger partial charge in [0, 0.05) is 39.0 Å². The zero-order chi connectivity index (χ0) is 17.8. The number of nitrogens with zero attached hydrogens (tertiary/aromatic N) is 4. The Morgan fingerprint density at radius 3 is 3.00 bits per heavy atom. The maximum atomic E-state index is 12.0. The molecule has 1 amide bonds. The summed E-state index contributed by atoms with van der Waals surface area (Å²) >= 11 is 0. The van der Waals surface area contributed by atoms with Gasteiger partial charge in [0.15, 0.2) is 0 Å². The molecule has 0 N–H and O–H groups in total. The maximum absolute atomic E-state index is 12.0. The molecule has 1 fully saturated rings. The first-order valence-corrected chi connectivity index (χ1v) is 9.42. The number of hydrogen-bond acceptors (Lipinski definition) is 5. The lowest BCUT2D eigenvalue weighted by Gasteiger charge is -2.33. The van der Waals surface area contributed by atoms with E-state index in [1.807, 2.05) is 23.2 Å². The minimum Gasteiger partial charge on any atom is -0.468 e. The molecule has 7 heteroatoms. The number of ether oxygens (including phenoxy) is 1. The van der Waals surface area contributed by atoms with Crippen LogP contribution in [0.15, 0.2) is 35.1 Å². The number of likely N-dealkylation sites (tertiary alicyclic amines) is 1. The highest BCUT2D eigenvalue weighted by atomic mass is 16.5. The molecule has 2 aromatic heterocycles. The van der Waals surface area contributed by atoms with Crippen LogP contribution < -0.4 is 0 Å². The fourth-order valence-corrected chi connectivity index (χ4v) is 3.86. The molecule has 2 aliphatic heterocycles. The average molecular weight is 358 g/mol. The first-order valence-electron chi connectivity index (χ1n) is 9.42. The van der Waals surface area contributed by atoms with Crippen LogP contribution in [-0.4, -0.2) is 58.3 Å². The summed E-state index contributed by atoms with van der Waals surface area (Å²) in [6, 6.07) is 6.25. The zero-order valence-electron chi connectivity index (χ0n) is 15.0. The molecule has 0 spiro atoms. The Hall–Kier alpha value is -2.12. The minimum atomic E-state index is 0.116. The van der Waals surface area contributed by atoms with Crippen molar-refractivity contribution in [1.82, 2.24) is 19.6 Å². The van der Waals surface area contributed by atoms with E-state index in [0.29, 0.717) is 6.61 Å². The maximum Gasteiger partial charge on any atom is 0.248 e. The third-order valence-corrected chi connectivity index (χ3v) is 5.19. The molecule has 0 aromatic carbocycles. The van der Waals surface area contributed by atoms with Crippen molar-refractivity contribution in [3.63, 3.8) is 0 Å². The largest absolute Gasteiger partial charge is 0.468 e. The fraction of sp³-hybridized carbons (Fsp3) is 0.579. The molecule has 0 bridgehead atoms. The van der Waals surface area contributed by atoms with E-state index in [2.05, 4.69) is 20.7 Å². The van der Waals surface area contributed by atoms with Crippen molar-refractivity contribution in [3.8, 4) is 0 Å². The highest BCUT2D eigenvalue weighted by molar-refractivity contribution is 5.77. The highest BCUT2D eigenvalue weighted by Gasteiger charge is 2.26. The molecule has 4 heterocycles. The second-order valence-electron chi connectivity index (χ2n) is 7.10. The van der Waals surface area contributed by atoms with Crippen molar-refractivity contribution < 1.29 is 13.9 Å². The Bertz CT molecular complexity index is 706. The molecule has 26 heavy (non-hydrogen) atoms. The van der Waals surface area contributed by atoms with E-state index in [1.165, 1.54) is 5.69 Å². The van der Waals surface area contributed by atoms with Crippen LogP contribution in [0.3, 0.4) is 0 Å². The lowest BCUT2D eigenvalue weighted by Crippen LogP contribution is -2.38. The number of furan rings is 1. The molecular weight excluding hydrogens is 332 g/mol. The van der Waals surface area contributed by atoms with Gasteiger partial charge in [-0.15, -0.1) is 0 Å². The number of hydrogen-bond donors (Lipinski definition) is 0. The van der Waals surface area contributed by atoms with Gasteiger partial charge in [-0.3, -0.25) is 14.4 Å². The molecule has 4 rings (SSSR count). The van der Waals surface area contributed by atoms with Crippen molar-refractivity contribution >= 4 is 5.91 Å². The first kappa shape index (κ1) is 17.3. The summed E-state index contributed by atoms with van der Waals surface area (Å²) in [6.45, 7) is 5.08. The van der Waals surface area contributed by atoms with Gasteiger partial charge >= 0.3 is 0 Å². The lowest BCUT2D eigenvalue weighted by molar-refractivity contribution is -0.135. The molecule has 0 unspecified atom stereocenters. The molecule has 2 aliphatic rings. The third kappa shape index (κ3) is 3.99. The van der Waals surface area contributed by atoms with Crippen molar-refractivity contribution in [2.24, 2.45) is 0 Å². The molecule has 1 atom stereocenters. The van der Waals surface area contributed by atoms with Crippen LogP contribution in [0.5, 0.6) is 0 Å². The topological polar surface area (TPSA) is 63.7 Å². The fourth-order valence-electron chi connectivity index (χ4n) is 3.86. The normalized spacial score (nSPS) is 20.5. The Morgan fingerprint density at radius 1 is 1.31 bits per heavy atom. The second kappa shape index (κ2) is 8.05. The van der Waals surface area contributed by atoms with E-state index < -0.39 is 0 Å². The van der Waals surface area contributed by atoms with E-state index in [0.717, 1.165) is 57.7 Å². The first-order chi connectivity index (χ1) is 12.8. The number of fused-ring (bicyclic) bond motifs is 1. The molecule has 1 saturated heterocycles. The molecule has 7 nitrogen and oxygen atoms in total.